The molecule has 1 aromatic carbocycles. The Balaban J connectivity index is 1.68. The first kappa shape index (κ1) is 18.7. The lowest BCUT2D eigenvalue weighted by Gasteiger charge is -2.39. The van der Waals surface area contributed by atoms with E-state index in [-0.39, 0.29) is 19.4 Å². The molecule has 0 saturated carbocycles. The highest BCUT2D eigenvalue weighted by molar-refractivity contribution is 6.35. The Morgan fingerprint density at radius 2 is 1.77 bits per heavy atom. The van der Waals surface area contributed by atoms with Crippen LogP contribution in [-0.4, -0.2) is 41.1 Å². The number of hydrogen-bond acceptors (Lipinski definition) is 4. The Bertz CT molecular complexity index is 771. The summed E-state index contributed by atoms with van der Waals surface area (Å²) in [4.78, 5) is 36.2. The van der Waals surface area contributed by atoms with Crippen LogP contribution in [0.1, 0.15) is 12.8 Å². The van der Waals surface area contributed by atoms with E-state index in [1.807, 2.05) is 0 Å². The van der Waals surface area contributed by atoms with Gasteiger partial charge in [0.2, 0.25) is 5.60 Å². The van der Waals surface area contributed by atoms with Crippen molar-refractivity contribution in [3.8, 4) is 0 Å². The van der Waals surface area contributed by atoms with Gasteiger partial charge in [-0.25, -0.2) is 0 Å². The zero-order valence-electron chi connectivity index (χ0n) is 13.5. The molecule has 0 radical (unpaired) electrons. The Labute approximate surface area is 159 Å². The van der Waals surface area contributed by atoms with Crippen molar-refractivity contribution in [1.29, 1.82) is 0 Å². The summed E-state index contributed by atoms with van der Waals surface area (Å²) in [6.07, 6.45) is 3.59. The number of halogens is 2. The standard InChI is InChI=1S/C17H16Cl2N2O5/c18-10-6-11(19)8-13(7-10)21-16(25)17(3-4-26-17)15(24)20-12-2-1-9(5-12)14(22)23/h1-2,6-9,12H,3-5H2,(H,20,24)(H,21,25)(H,22,23)/t9-,12+,17?/m1/s1. The summed E-state index contributed by atoms with van der Waals surface area (Å²) in [6.45, 7) is 0.273. The van der Waals surface area contributed by atoms with Crippen molar-refractivity contribution in [3.05, 3.63) is 40.4 Å². The molecule has 3 rings (SSSR count). The van der Waals surface area contributed by atoms with Crippen LogP contribution in [0.5, 0.6) is 0 Å². The van der Waals surface area contributed by atoms with E-state index < -0.39 is 35.3 Å². The minimum atomic E-state index is -1.65. The number of nitrogens with one attached hydrogen (secondary N) is 2. The van der Waals surface area contributed by atoms with E-state index in [9.17, 15) is 14.4 Å². The molecule has 1 aliphatic carbocycles. The number of carbonyl (C=O) groups excluding carboxylic acids is 2. The van der Waals surface area contributed by atoms with Crippen LogP contribution < -0.4 is 10.6 Å². The van der Waals surface area contributed by atoms with Gasteiger partial charge in [-0.1, -0.05) is 35.4 Å². The first-order valence-electron chi connectivity index (χ1n) is 7.94. The third-order valence-corrected chi connectivity index (χ3v) is 4.81. The smallest absolute Gasteiger partial charge is 0.310 e. The summed E-state index contributed by atoms with van der Waals surface area (Å²) >= 11 is 11.8. The van der Waals surface area contributed by atoms with Crippen LogP contribution in [0.2, 0.25) is 10.0 Å². The van der Waals surface area contributed by atoms with Gasteiger partial charge in [-0.3, -0.25) is 14.4 Å². The summed E-state index contributed by atoms with van der Waals surface area (Å²) in [5, 5.41) is 15.0. The van der Waals surface area contributed by atoms with Gasteiger partial charge in [0.05, 0.1) is 12.5 Å². The highest BCUT2D eigenvalue weighted by Gasteiger charge is 2.53. The van der Waals surface area contributed by atoms with Gasteiger partial charge >= 0.3 is 5.97 Å². The van der Waals surface area contributed by atoms with Gasteiger partial charge in [-0.05, 0) is 24.6 Å². The Hall–Kier alpha value is -2.09. The lowest BCUT2D eigenvalue weighted by atomic mass is 9.91. The number of ether oxygens (including phenoxy) is 1. The van der Waals surface area contributed by atoms with Gasteiger partial charge in [-0.2, -0.15) is 0 Å². The zero-order valence-corrected chi connectivity index (χ0v) is 15.0. The molecule has 1 fully saturated rings. The van der Waals surface area contributed by atoms with Crippen molar-refractivity contribution in [1.82, 2.24) is 5.32 Å². The van der Waals surface area contributed by atoms with Gasteiger partial charge in [0.15, 0.2) is 0 Å². The molecule has 26 heavy (non-hydrogen) atoms. The molecule has 0 aromatic heterocycles. The summed E-state index contributed by atoms with van der Waals surface area (Å²) in [5.41, 5.74) is -1.30. The number of anilines is 1. The fourth-order valence-electron chi connectivity index (χ4n) is 2.90. The van der Waals surface area contributed by atoms with Gasteiger partial charge in [-0.15, -0.1) is 0 Å². The molecule has 2 aliphatic rings. The van der Waals surface area contributed by atoms with Crippen LogP contribution in [0.15, 0.2) is 30.4 Å². The summed E-state index contributed by atoms with van der Waals surface area (Å²) < 4.78 is 5.33. The van der Waals surface area contributed by atoms with Crippen LogP contribution in [0.25, 0.3) is 0 Å². The maximum Gasteiger partial charge on any atom is 0.310 e. The summed E-state index contributed by atoms with van der Waals surface area (Å²) in [7, 11) is 0. The van der Waals surface area contributed by atoms with E-state index in [0.717, 1.165) is 0 Å². The second-order valence-corrected chi connectivity index (χ2v) is 7.06. The predicted octanol–water partition coefficient (Wildman–Crippen LogP) is 2.24. The Morgan fingerprint density at radius 3 is 2.27 bits per heavy atom. The number of carbonyl (C=O) groups is 3. The first-order chi connectivity index (χ1) is 12.3. The van der Waals surface area contributed by atoms with E-state index in [4.69, 9.17) is 33.0 Å². The second kappa shape index (κ2) is 7.26. The molecule has 1 unspecified atom stereocenters. The quantitative estimate of drug-likeness (QED) is 0.520. The van der Waals surface area contributed by atoms with Gasteiger partial charge < -0.3 is 20.5 Å². The van der Waals surface area contributed by atoms with E-state index in [1.54, 1.807) is 6.08 Å². The SMILES string of the molecule is O=C(O)[C@@H]1C=C[C@H](NC(=O)C2(C(=O)Nc3cc(Cl)cc(Cl)c3)CCO2)C1. The highest BCUT2D eigenvalue weighted by atomic mass is 35.5. The molecule has 2 amide bonds. The lowest BCUT2D eigenvalue weighted by Crippen LogP contribution is -2.64. The Kier molecular flexibility index (Phi) is 5.22. The van der Waals surface area contributed by atoms with Crippen LogP contribution in [0.4, 0.5) is 5.69 Å². The van der Waals surface area contributed by atoms with Crippen molar-refractivity contribution >= 4 is 46.7 Å². The second-order valence-electron chi connectivity index (χ2n) is 6.18. The maximum absolute atomic E-state index is 12.6. The fraction of sp³-hybridized carbons (Fsp3) is 0.353. The van der Waals surface area contributed by atoms with E-state index in [1.165, 1.54) is 24.3 Å². The maximum atomic E-state index is 12.6. The number of carboxylic acids is 1. The van der Waals surface area contributed by atoms with Crippen LogP contribution in [0, 0.1) is 5.92 Å². The van der Waals surface area contributed by atoms with E-state index >= 15 is 0 Å². The van der Waals surface area contributed by atoms with Crippen LogP contribution >= 0.6 is 23.2 Å². The number of hydrogen-bond donors (Lipinski definition) is 3. The van der Waals surface area contributed by atoms with E-state index in [0.29, 0.717) is 15.7 Å². The number of amides is 2. The van der Waals surface area contributed by atoms with Crippen LogP contribution in [-0.2, 0) is 19.1 Å². The molecule has 3 atom stereocenters. The molecule has 138 valence electrons. The molecule has 7 nitrogen and oxygen atoms in total. The summed E-state index contributed by atoms with van der Waals surface area (Å²) in [5.74, 6) is -2.84. The van der Waals surface area contributed by atoms with Crippen molar-refractivity contribution in [2.75, 3.05) is 11.9 Å². The zero-order chi connectivity index (χ0) is 18.9. The number of benzene rings is 1. The molecular weight excluding hydrogens is 383 g/mol. The molecule has 1 saturated heterocycles. The average Bonchev–Trinajstić information content (AvgIpc) is 2.93. The molecule has 0 spiro atoms. The molecular formula is C17H16Cl2N2O5. The normalized spacial score (nSPS) is 26.8. The Morgan fingerprint density at radius 1 is 1.12 bits per heavy atom. The minimum absolute atomic E-state index is 0.220. The average molecular weight is 399 g/mol. The molecule has 1 aliphatic heterocycles. The minimum Gasteiger partial charge on any atom is -0.481 e. The van der Waals surface area contributed by atoms with Crippen molar-refractivity contribution in [2.45, 2.75) is 24.5 Å². The number of aliphatic carboxylic acids is 1. The van der Waals surface area contributed by atoms with Crippen LogP contribution in [0.3, 0.4) is 0 Å². The largest absolute Gasteiger partial charge is 0.481 e. The number of carboxylic acid groups (broad SMARTS) is 1. The van der Waals surface area contributed by atoms with Gasteiger partial charge in [0, 0.05) is 28.2 Å². The molecule has 3 N–H and O–H groups in total. The van der Waals surface area contributed by atoms with Crippen molar-refractivity contribution in [3.63, 3.8) is 0 Å². The van der Waals surface area contributed by atoms with Gasteiger partial charge in [0.1, 0.15) is 0 Å². The third-order valence-electron chi connectivity index (χ3n) is 4.37. The topological polar surface area (TPSA) is 105 Å². The van der Waals surface area contributed by atoms with E-state index in [2.05, 4.69) is 10.6 Å². The molecule has 9 heteroatoms. The summed E-state index contributed by atoms with van der Waals surface area (Å²) in [6, 6.07) is 4.07. The van der Waals surface area contributed by atoms with Gasteiger partial charge in [0.25, 0.3) is 11.8 Å². The molecule has 1 aromatic rings. The predicted molar refractivity (Wildman–Crippen MR) is 95.2 cm³/mol. The lowest BCUT2D eigenvalue weighted by molar-refractivity contribution is -0.182. The van der Waals surface area contributed by atoms with Crippen molar-refractivity contribution < 1.29 is 24.2 Å². The first-order valence-corrected chi connectivity index (χ1v) is 8.69. The molecule has 1 heterocycles. The third kappa shape index (κ3) is 3.70. The highest BCUT2D eigenvalue weighted by Crippen LogP contribution is 2.31. The monoisotopic (exact) mass is 398 g/mol. The fourth-order valence-corrected chi connectivity index (χ4v) is 3.43. The molecule has 0 bridgehead atoms. The van der Waals surface area contributed by atoms with Crippen molar-refractivity contribution in [2.24, 2.45) is 5.92 Å². The number of rotatable bonds is 5.